The molecule has 1 amide bonds. The summed E-state index contributed by atoms with van der Waals surface area (Å²) in [5, 5.41) is 2.96. The van der Waals surface area contributed by atoms with Gasteiger partial charge in [0.05, 0.1) is 29.7 Å². The quantitative estimate of drug-likeness (QED) is 0.631. The standard InChI is InChI=1S/C18H18Cl2N2O5/c1-2-25-13-3-5-14(6-4-13)26-8-7-17(24)27-11-16(23)22-18-15(20)9-12(19)10-21-18/h3-6,9-10H,2,7-8,11H2,1H3,(H,21,22,23). The second kappa shape index (κ2) is 10.6. The Labute approximate surface area is 166 Å². The summed E-state index contributed by atoms with van der Waals surface area (Å²) in [6, 6.07) is 8.48. The number of hydrogen-bond donors (Lipinski definition) is 1. The molecule has 0 saturated carbocycles. The van der Waals surface area contributed by atoms with E-state index in [4.69, 9.17) is 37.4 Å². The number of anilines is 1. The van der Waals surface area contributed by atoms with Gasteiger partial charge in [-0.3, -0.25) is 9.59 Å². The molecule has 1 heterocycles. The number of carbonyl (C=O) groups excluding carboxylic acids is 2. The fraction of sp³-hybridized carbons (Fsp3) is 0.278. The molecule has 7 nitrogen and oxygen atoms in total. The van der Waals surface area contributed by atoms with Crippen LogP contribution in [0.5, 0.6) is 11.5 Å². The number of benzene rings is 1. The van der Waals surface area contributed by atoms with Gasteiger partial charge in [-0.15, -0.1) is 0 Å². The van der Waals surface area contributed by atoms with Crippen molar-refractivity contribution in [3.8, 4) is 11.5 Å². The maximum Gasteiger partial charge on any atom is 0.309 e. The van der Waals surface area contributed by atoms with Crippen LogP contribution < -0.4 is 14.8 Å². The van der Waals surface area contributed by atoms with Gasteiger partial charge in [-0.05, 0) is 37.3 Å². The lowest BCUT2D eigenvalue weighted by Crippen LogP contribution is -2.22. The lowest BCUT2D eigenvalue weighted by molar-refractivity contribution is -0.147. The summed E-state index contributed by atoms with van der Waals surface area (Å²) in [7, 11) is 0. The lowest BCUT2D eigenvalue weighted by atomic mass is 10.3. The first-order chi connectivity index (χ1) is 13.0. The van der Waals surface area contributed by atoms with Gasteiger partial charge >= 0.3 is 5.97 Å². The third kappa shape index (κ3) is 7.32. The van der Waals surface area contributed by atoms with Crippen LogP contribution in [-0.2, 0) is 14.3 Å². The second-order valence-electron chi connectivity index (χ2n) is 5.20. The highest BCUT2D eigenvalue weighted by Crippen LogP contribution is 2.22. The summed E-state index contributed by atoms with van der Waals surface area (Å²) in [6.45, 7) is 2.15. The number of amides is 1. The third-order valence-electron chi connectivity index (χ3n) is 3.14. The third-order valence-corrected chi connectivity index (χ3v) is 3.63. The van der Waals surface area contributed by atoms with Crippen molar-refractivity contribution in [3.05, 3.63) is 46.6 Å². The summed E-state index contributed by atoms with van der Waals surface area (Å²) in [4.78, 5) is 27.3. The molecule has 2 rings (SSSR count). The smallest absolute Gasteiger partial charge is 0.309 e. The van der Waals surface area contributed by atoms with Gasteiger partial charge in [-0.2, -0.15) is 0 Å². The molecule has 144 valence electrons. The number of pyridine rings is 1. The van der Waals surface area contributed by atoms with Crippen LogP contribution in [0.4, 0.5) is 5.82 Å². The first-order valence-corrected chi connectivity index (χ1v) is 8.85. The average molecular weight is 413 g/mol. The van der Waals surface area contributed by atoms with Gasteiger partial charge in [-0.1, -0.05) is 23.2 Å². The van der Waals surface area contributed by atoms with E-state index in [1.165, 1.54) is 12.3 Å². The molecular formula is C18H18Cl2N2O5. The average Bonchev–Trinajstić information content (AvgIpc) is 2.64. The molecule has 0 bridgehead atoms. The van der Waals surface area contributed by atoms with Crippen molar-refractivity contribution in [1.82, 2.24) is 4.98 Å². The molecule has 0 saturated heterocycles. The van der Waals surface area contributed by atoms with E-state index in [1.807, 2.05) is 6.92 Å². The van der Waals surface area contributed by atoms with Crippen LogP contribution >= 0.6 is 23.2 Å². The Morgan fingerprint density at radius 1 is 1.11 bits per heavy atom. The molecule has 27 heavy (non-hydrogen) atoms. The molecule has 0 spiro atoms. The van der Waals surface area contributed by atoms with Crippen LogP contribution in [-0.4, -0.2) is 36.7 Å². The minimum atomic E-state index is -0.564. The summed E-state index contributed by atoms with van der Waals surface area (Å²) in [5.74, 6) is 0.359. The highest BCUT2D eigenvalue weighted by molar-refractivity contribution is 6.36. The number of nitrogens with one attached hydrogen (secondary N) is 1. The molecule has 9 heteroatoms. The van der Waals surface area contributed by atoms with Crippen molar-refractivity contribution in [3.63, 3.8) is 0 Å². The van der Waals surface area contributed by atoms with Gasteiger partial charge in [0, 0.05) is 6.20 Å². The van der Waals surface area contributed by atoms with Crippen LogP contribution in [0.3, 0.4) is 0 Å². The second-order valence-corrected chi connectivity index (χ2v) is 6.04. The minimum Gasteiger partial charge on any atom is -0.494 e. The Kier molecular flexibility index (Phi) is 8.16. The van der Waals surface area contributed by atoms with Gasteiger partial charge in [0.15, 0.2) is 12.4 Å². The van der Waals surface area contributed by atoms with Crippen LogP contribution in [0.25, 0.3) is 0 Å². The molecule has 1 N–H and O–H groups in total. The maximum atomic E-state index is 11.8. The highest BCUT2D eigenvalue weighted by atomic mass is 35.5. The molecule has 1 aromatic heterocycles. The van der Waals surface area contributed by atoms with E-state index < -0.39 is 18.5 Å². The minimum absolute atomic E-state index is 0.000439. The fourth-order valence-corrected chi connectivity index (χ4v) is 2.37. The SMILES string of the molecule is CCOc1ccc(OCCC(=O)OCC(=O)Nc2ncc(Cl)cc2Cl)cc1. The number of carbonyl (C=O) groups is 2. The Hall–Kier alpha value is -2.51. The van der Waals surface area contributed by atoms with E-state index in [1.54, 1.807) is 24.3 Å². The fourth-order valence-electron chi connectivity index (χ4n) is 1.94. The highest BCUT2D eigenvalue weighted by Gasteiger charge is 2.11. The Morgan fingerprint density at radius 3 is 2.41 bits per heavy atom. The van der Waals surface area contributed by atoms with E-state index in [0.29, 0.717) is 17.4 Å². The van der Waals surface area contributed by atoms with Crippen LogP contribution in [0, 0.1) is 0 Å². The molecule has 0 radical (unpaired) electrons. The van der Waals surface area contributed by atoms with Gasteiger partial charge in [0.1, 0.15) is 11.5 Å². The van der Waals surface area contributed by atoms with Crippen molar-refractivity contribution in [2.45, 2.75) is 13.3 Å². The normalized spacial score (nSPS) is 10.2. The van der Waals surface area contributed by atoms with E-state index in [2.05, 4.69) is 10.3 Å². The Morgan fingerprint density at radius 2 is 1.78 bits per heavy atom. The van der Waals surface area contributed by atoms with Crippen molar-refractivity contribution in [2.75, 3.05) is 25.1 Å². The van der Waals surface area contributed by atoms with Crippen LogP contribution in [0.15, 0.2) is 36.5 Å². The molecule has 2 aromatic rings. The molecule has 0 atom stereocenters. The number of hydrogen-bond acceptors (Lipinski definition) is 6. The van der Waals surface area contributed by atoms with Crippen LogP contribution in [0.1, 0.15) is 13.3 Å². The molecule has 0 aliphatic rings. The van der Waals surface area contributed by atoms with Gasteiger partial charge in [-0.25, -0.2) is 4.98 Å². The summed E-state index contributed by atoms with van der Waals surface area (Å²) >= 11 is 11.6. The molecular weight excluding hydrogens is 395 g/mol. The van der Waals surface area contributed by atoms with E-state index >= 15 is 0 Å². The molecule has 1 aromatic carbocycles. The molecule has 0 aliphatic heterocycles. The Bertz CT molecular complexity index is 784. The van der Waals surface area contributed by atoms with E-state index in [-0.39, 0.29) is 23.9 Å². The number of ether oxygens (including phenoxy) is 3. The van der Waals surface area contributed by atoms with Gasteiger partial charge in [0.2, 0.25) is 0 Å². The molecule has 0 fully saturated rings. The van der Waals surface area contributed by atoms with Crippen molar-refractivity contribution >= 4 is 40.9 Å². The zero-order chi connectivity index (χ0) is 19.6. The first kappa shape index (κ1) is 20.8. The summed E-state index contributed by atoms with van der Waals surface area (Å²) < 4.78 is 15.6. The number of halogens is 2. The number of esters is 1. The first-order valence-electron chi connectivity index (χ1n) is 8.10. The predicted molar refractivity (Wildman–Crippen MR) is 102 cm³/mol. The van der Waals surface area contributed by atoms with Crippen LogP contribution in [0.2, 0.25) is 10.0 Å². The summed E-state index contributed by atoms with van der Waals surface area (Å²) in [6.07, 6.45) is 1.34. The van der Waals surface area contributed by atoms with Gasteiger partial charge < -0.3 is 19.5 Å². The zero-order valence-electron chi connectivity index (χ0n) is 14.5. The van der Waals surface area contributed by atoms with E-state index in [0.717, 1.165) is 5.75 Å². The zero-order valence-corrected chi connectivity index (χ0v) is 16.0. The number of aromatic nitrogens is 1. The van der Waals surface area contributed by atoms with Crippen molar-refractivity contribution in [2.24, 2.45) is 0 Å². The molecule has 0 unspecified atom stereocenters. The molecule has 0 aliphatic carbocycles. The van der Waals surface area contributed by atoms with E-state index in [9.17, 15) is 9.59 Å². The van der Waals surface area contributed by atoms with Crippen molar-refractivity contribution < 1.29 is 23.8 Å². The monoisotopic (exact) mass is 412 g/mol. The topological polar surface area (TPSA) is 86.8 Å². The largest absolute Gasteiger partial charge is 0.494 e. The maximum absolute atomic E-state index is 11.8. The van der Waals surface area contributed by atoms with Crippen molar-refractivity contribution in [1.29, 1.82) is 0 Å². The lowest BCUT2D eigenvalue weighted by Gasteiger charge is -2.09. The van der Waals surface area contributed by atoms with Gasteiger partial charge in [0.25, 0.3) is 5.91 Å². The summed E-state index contributed by atoms with van der Waals surface area (Å²) in [5.41, 5.74) is 0. The predicted octanol–water partition coefficient (Wildman–Crippen LogP) is 3.74. The number of rotatable bonds is 9. The Balaban J connectivity index is 1.67. The number of nitrogens with zero attached hydrogens (tertiary/aromatic N) is 1.